The van der Waals surface area contributed by atoms with Crippen LogP contribution < -0.4 is 10.5 Å². The minimum atomic E-state index is 0.226. The van der Waals surface area contributed by atoms with E-state index in [9.17, 15) is 0 Å². The molecule has 0 amide bonds. The second-order valence-electron chi connectivity index (χ2n) is 7.70. The highest BCUT2D eigenvalue weighted by atomic mass is 16.5. The van der Waals surface area contributed by atoms with E-state index in [4.69, 9.17) is 19.5 Å². The maximum atomic E-state index is 6.17. The van der Waals surface area contributed by atoms with E-state index in [0.29, 0.717) is 52.9 Å². The lowest BCUT2D eigenvalue weighted by Crippen LogP contribution is -2.05. The Hall–Kier alpha value is -3.82. The van der Waals surface area contributed by atoms with Crippen LogP contribution in [0.25, 0.3) is 22.8 Å². The lowest BCUT2D eigenvalue weighted by Gasteiger charge is -2.08. The predicted molar refractivity (Wildman–Crippen MR) is 114 cm³/mol. The minimum absolute atomic E-state index is 0.226. The second kappa shape index (κ2) is 8.74. The molecule has 0 spiro atoms. The molecule has 10 nitrogen and oxygen atoms in total. The SMILES string of the molecule is CCc1nc(COc2ccc(-c3nc(-c4cnc(C5CCCC5)nc4N)no3)cc2)no1. The van der Waals surface area contributed by atoms with Crippen molar-refractivity contribution in [3.05, 3.63) is 48.0 Å². The number of hydrogen-bond acceptors (Lipinski definition) is 10. The van der Waals surface area contributed by atoms with Crippen molar-refractivity contribution in [3.8, 4) is 28.6 Å². The van der Waals surface area contributed by atoms with E-state index in [-0.39, 0.29) is 6.61 Å². The molecule has 0 bridgehead atoms. The van der Waals surface area contributed by atoms with Gasteiger partial charge < -0.3 is 19.5 Å². The van der Waals surface area contributed by atoms with Crippen LogP contribution in [0.15, 0.2) is 39.5 Å². The van der Waals surface area contributed by atoms with E-state index in [1.165, 1.54) is 12.8 Å². The van der Waals surface area contributed by atoms with Gasteiger partial charge in [-0.15, -0.1) is 0 Å². The molecule has 1 aliphatic rings. The number of ether oxygens (including phenoxy) is 1. The predicted octanol–water partition coefficient (Wildman–Crippen LogP) is 3.96. The molecule has 1 fully saturated rings. The lowest BCUT2D eigenvalue weighted by atomic mass is 10.1. The summed E-state index contributed by atoms with van der Waals surface area (Å²) in [5.74, 6) is 4.05. The Bertz CT molecular complexity index is 1200. The zero-order valence-corrected chi connectivity index (χ0v) is 17.7. The first-order chi connectivity index (χ1) is 15.7. The van der Waals surface area contributed by atoms with Crippen LogP contribution in [0, 0.1) is 0 Å². The molecule has 0 unspecified atom stereocenters. The fraction of sp³-hybridized carbons (Fsp3) is 0.364. The third-order valence-electron chi connectivity index (χ3n) is 5.51. The third kappa shape index (κ3) is 4.16. The van der Waals surface area contributed by atoms with Crippen LogP contribution in [0.3, 0.4) is 0 Å². The summed E-state index contributed by atoms with van der Waals surface area (Å²) in [6, 6.07) is 7.30. The Balaban J connectivity index is 1.27. The number of hydrogen-bond donors (Lipinski definition) is 1. The van der Waals surface area contributed by atoms with Crippen molar-refractivity contribution in [2.75, 3.05) is 5.73 Å². The molecule has 0 radical (unpaired) electrons. The number of rotatable bonds is 7. The van der Waals surface area contributed by atoms with Gasteiger partial charge in [0.05, 0.1) is 5.56 Å². The van der Waals surface area contributed by atoms with Gasteiger partial charge in [0.2, 0.25) is 17.5 Å². The normalized spacial score (nSPS) is 14.2. The molecule has 1 aliphatic carbocycles. The van der Waals surface area contributed by atoms with Crippen molar-refractivity contribution in [1.29, 1.82) is 0 Å². The van der Waals surface area contributed by atoms with Gasteiger partial charge in [-0.05, 0) is 37.1 Å². The van der Waals surface area contributed by atoms with E-state index in [1.807, 2.05) is 31.2 Å². The summed E-state index contributed by atoms with van der Waals surface area (Å²) in [5.41, 5.74) is 7.49. The van der Waals surface area contributed by atoms with E-state index in [1.54, 1.807) is 6.20 Å². The molecule has 0 saturated heterocycles. The van der Waals surface area contributed by atoms with Gasteiger partial charge in [0, 0.05) is 24.1 Å². The number of nitrogen functional groups attached to an aromatic ring is 1. The van der Waals surface area contributed by atoms with E-state index < -0.39 is 0 Å². The van der Waals surface area contributed by atoms with Gasteiger partial charge in [-0.25, -0.2) is 9.97 Å². The molecule has 0 atom stereocenters. The van der Waals surface area contributed by atoms with Gasteiger partial charge in [-0.1, -0.05) is 30.1 Å². The van der Waals surface area contributed by atoms with Gasteiger partial charge in [0.1, 0.15) is 17.4 Å². The van der Waals surface area contributed by atoms with E-state index >= 15 is 0 Å². The molecule has 32 heavy (non-hydrogen) atoms. The van der Waals surface area contributed by atoms with Crippen molar-refractivity contribution in [1.82, 2.24) is 30.2 Å². The quantitative estimate of drug-likeness (QED) is 0.455. The average Bonchev–Trinajstić information content (AvgIpc) is 3.60. The highest BCUT2D eigenvalue weighted by molar-refractivity contribution is 5.68. The molecule has 164 valence electrons. The lowest BCUT2D eigenvalue weighted by molar-refractivity contribution is 0.285. The number of aromatic nitrogens is 6. The smallest absolute Gasteiger partial charge is 0.258 e. The van der Waals surface area contributed by atoms with Crippen molar-refractivity contribution in [2.24, 2.45) is 0 Å². The third-order valence-corrected chi connectivity index (χ3v) is 5.51. The van der Waals surface area contributed by atoms with Crippen LogP contribution in [0.1, 0.15) is 56.1 Å². The summed E-state index contributed by atoms with van der Waals surface area (Å²) in [7, 11) is 0. The van der Waals surface area contributed by atoms with Crippen LogP contribution >= 0.6 is 0 Å². The summed E-state index contributed by atoms with van der Waals surface area (Å²) in [6.07, 6.45) is 7.02. The topological polar surface area (TPSA) is 139 Å². The van der Waals surface area contributed by atoms with Gasteiger partial charge in [0.25, 0.3) is 5.89 Å². The van der Waals surface area contributed by atoms with Crippen LogP contribution in [-0.2, 0) is 13.0 Å². The van der Waals surface area contributed by atoms with Gasteiger partial charge in [-0.3, -0.25) is 0 Å². The minimum Gasteiger partial charge on any atom is -0.485 e. The Labute approximate surface area is 184 Å². The molecule has 2 N–H and O–H groups in total. The van der Waals surface area contributed by atoms with Gasteiger partial charge in [-0.2, -0.15) is 9.97 Å². The number of benzene rings is 1. The molecule has 4 aromatic rings. The molecular weight excluding hydrogens is 410 g/mol. The van der Waals surface area contributed by atoms with Crippen LogP contribution in [0.4, 0.5) is 5.82 Å². The molecule has 0 aliphatic heterocycles. The fourth-order valence-electron chi connectivity index (χ4n) is 3.75. The second-order valence-corrected chi connectivity index (χ2v) is 7.70. The van der Waals surface area contributed by atoms with Crippen molar-refractivity contribution >= 4 is 5.82 Å². The monoisotopic (exact) mass is 433 g/mol. The fourth-order valence-corrected chi connectivity index (χ4v) is 3.75. The largest absolute Gasteiger partial charge is 0.485 e. The molecule has 1 saturated carbocycles. The first-order valence-corrected chi connectivity index (χ1v) is 10.7. The van der Waals surface area contributed by atoms with E-state index in [0.717, 1.165) is 24.2 Å². The van der Waals surface area contributed by atoms with Crippen LogP contribution in [-0.4, -0.2) is 30.2 Å². The highest BCUT2D eigenvalue weighted by Crippen LogP contribution is 2.33. The van der Waals surface area contributed by atoms with Crippen molar-refractivity contribution < 1.29 is 13.8 Å². The van der Waals surface area contributed by atoms with E-state index in [2.05, 4.69) is 30.2 Å². The summed E-state index contributed by atoms with van der Waals surface area (Å²) in [5, 5.41) is 7.92. The summed E-state index contributed by atoms with van der Waals surface area (Å²) in [4.78, 5) is 17.7. The highest BCUT2D eigenvalue weighted by Gasteiger charge is 2.22. The molecule has 5 rings (SSSR count). The first-order valence-electron chi connectivity index (χ1n) is 10.7. The number of aryl methyl sites for hydroxylation is 1. The number of nitrogens with two attached hydrogens (primary N) is 1. The maximum absolute atomic E-state index is 6.17. The Morgan fingerprint density at radius 2 is 1.84 bits per heavy atom. The summed E-state index contributed by atoms with van der Waals surface area (Å²) < 4.78 is 16.2. The first kappa shape index (κ1) is 20.1. The zero-order chi connectivity index (χ0) is 21.9. The average molecular weight is 433 g/mol. The molecule has 3 heterocycles. The Morgan fingerprint density at radius 1 is 1.03 bits per heavy atom. The Kier molecular flexibility index (Phi) is 5.49. The Morgan fingerprint density at radius 3 is 2.56 bits per heavy atom. The standard InChI is InChI=1S/C22H23N7O3/c1-2-18-25-17(28-31-18)12-30-15-9-7-14(8-10-15)22-27-21(29-32-22)16-11-24-20(26-19(16)23)13-5-3-4-6-13/h7-11,13H,2-6,12H2,1H3,(H2,23,24,26). The number of nitrogens with zero attached hydrogens (tertiary/aromatic N) is 6. The van der Waals surface area contributed by atoms with Crippen molar-refractivity contribution in [3.63, 3.8) is 0 Å². The van der Waals surface area contributed by atoms with Crippen molar-refractivity contribution in [2.45, 2.75) is 51.6 Å². The molecule has 10 heteroatoms. The van der Waals surface area contributed by atoms with Gasteiger partial charge in [0.15, 0.2) is 6.61 Å². The molecule has 3 aromatic heterocycles. The van der Waals surface area contributed by atoms with Crippen LogP contribution in [0.5, 0.6) is 5.75 Å². The molecular formula is C22H23N7O3. The number of anilines is 1. The van der Waals surface area contributed by atoms with Gasteiger partial charge >= 0.3 is 0 Å². The summed E-state index contributed by atoms with van der Waals surface area (Å²) >= 11 is 0. The summed E-state index contributed by atoms with van der Waals surface area (Å²) in [6.45, 7) is 2.18. The van der Waals surface area contributed by atoms with Crippen LogP contribution in [0.2, 0.25) is 0 Å². The molecule has 1 aromatic carbocycles. The maximum Gasteiger partial charge on any atom is 0.258 e. The zero-order valence-electron chi connectivity index (χ0n) is 17.7.